The van der Waals surface area contributed by atoms with Gasteiger partial charge in [0.15, 0.2) is 0 Å². The molecule has 0 bridgehead atoms. The van der Waals surface area contributed by atoms with E-state index in [9.17, 15) is 9.59 Å². The standard InChI is InChI=1S/C18H16N2O4/c21-17(22)11-20-9-8-14-10-15(6-7-16(14)20)18(23)19-24-12-13-4-2-1-3-5-13/h1-10H,11-12H2,(H,19,23)(H,21,22). The third-order valence-corrected chi connectivity index (χ3v) is 3.59. The average molecular weight is 324 g/mol. The molecule has 3 aromatic rings. The van der Waals surface area contributed by atoms with Gasteiger partial charge in [0.25, 0.3) is 5.91 Å². The van der Waals surface area contributed by atoms with Crippen molar-refractivity contribution in [2.75, 3.05) is 0 Å². The van der Waals surface area contributed by atoms with Gasteiger partial charge in [0, 0.05) is 22.7 Å². The second-order valence-electron chi connectivity index (χ2n) is 5.32. The predicted octanol–water partition coefficient (Wildman–Crippen LogP) is 2.59. The Hall–Kier alpha value is -3.12. The summed E-state index contributed by atoms with van der Waals surface area (Å²) in [5.41, 5.74) is 4.58. The minimum Gasteiger partial charge on any atom is -0.480 e. The average Bonchev–Trinajstić information content (AvgIpc) is 2.97. The molecule has 0 unspecified atom stereocenters. The minimum atomic E-state index is -0.913. The van der Waals surface area contributed by atoms with Crippen molar-refractivity contribution in [1.29, 1.82) is 0 Å². The van der Waals surface area contributed by atoms with Crippen LogP contribution in [-0.2, 0) is 22.8 Å². The van der Waals surface area contributed by atoms with Crippen molar-refractivity contribution in [3.05, 3.63) is 71.9 Å². The Morgan fingerprint density at radius 1 is 1.08 bits per heavy atom. The second-order valence-corrected chi connectivity index (χ2v) is 5.32. The Morgan fingerprint density at radius 3 is 2.62 bits per heavy atom. The number of amides is 1. The molecule has 1 amide bonds. The summed E-state index contributed by atoms with van der Waals surface area (Å²) in [4.78, 5) is 28.2. The number of rotatable bonds is 6. The Balaban J connectivity index is 1.65. The van der Waals surface area contributed by atoms with E-state index in [1.165, 1.54) is 0 Å². The van der Waals surface area contributed by atoms with E-state index in [0.717, 1.165) is 16.5 Å². The highest BCUT2D eigenvalue weighted by atomic mass is 16.6. The maximum absolute atomic E-state index is 12.1. The number of nitrogens with zero attached hydrogens (tertiary/aromatic N) is 1. The normalized spacial score (nSPS) is 10.7. The molecule has 6 nitrogen and oxygen atoms in total. The smallest absolute Gasteiger partial charge is 0.323 e. The van der Waals surface area contributed by atoms with Crippen LogP contribution < -0.4 is 5.48 Å². The number of nitrogens with one attached hydrogen (secondary N) is 1. The summed E-state index contributed by atoms with van der Waals surface area (Å²) in [5, 5.41) is 9.68. The molecule has 0 aliphatic carbocycles. The number of benzene rings is 2. The van der Waals surface area contributed by atoms with Crippen molar-refractivity contribution in [3.63, 3.8) is 0 Å². The monoisotopic (exact) mass is 324 g/mol. The molecule has 0 atom stereocenters. The van der Waals surface area contributed by atoms with Gasteiger partial charge in [-0.25, -0.2) is 5.48 Å². The lowest BCUT2D eigenvalue weighted by molar-refractivity contribution is -0.137. The van der Waals surface area contributed by atoms with Crippen molar-refractivity contribution < 1.29 is 19.5 Å². The highest BCUT2D eigenvalue weighted by Crippen LogP contribution is 2.18. The summed E-state index contributed by atoms with van der Waals surface area (Å²) in [6.07, 6.45) is 1.69. The van der Waals surface area contributed by atoms with Crippen LogP contribution >= 0.6 is 0 Å². The van der Waals surface area contributed by atoms with E-state index in [1.807, 2.05) is 30.3 Å². The molecule has 2 N–H and O–H groups in total. The summed E-state index contributed by atoms with van der Waals surface area (Å²) in [6.45, 7) is 0.166. The molecule has 0 spiro atoms. The third-order valence-electron chi connectivity index (χ3n) is 3.59. The van der Waals surface area contributed by atoms with Crippen molar-refractivity contribution in [1.82, 2.24) is 10.0 Å². The van der Waals surface area contributed by atoms with Crippen molar-refractivity contribution in [2.45, 2.75) is 13.2 Å². The van der Waals surface area contributed by atoms with Crippen LogP contribution in [0.5, 0.6) is 0 Å². The highest BCUT2D eigenvalue weighted by Gasteiger charge is 2.10. The van der Waals surface area contributed by atoms with Gasteiger partial charge in [-0.15, -0.1) is 0 Å². The molecule has 1 heterocycles. The lowest BCUT2D eigenvalue weighted by Gasteiger charge is -2.07. The number of fused-ring (bicyclic) bond motifs is 1. The van der Waals surface area contributed by atoms with Gasteiger partial charge in [0.05, 0.1) is 6.61 Å². The molecule has 6 heteroatoms. The van der Waals surface area contributed by atoms with E-state index in [4.69, 9.17) is 9.94 Å². The van der Waals surface area contributed by atoms with E-state index in [2.05, 4.69) is 5.48 Å². The van der Waals surface area contributed by atoms with E-state index in [-0.39, 0.29) is 19.1 Å². The fourth-order valence-electron chi connectivity index (χ4n) is 2.44. The summed E-state index contributed by atoms with van der Waals surface area (Å²) in [6, 6.07) is 16.4. The number of hydrogen-bond donors (Lipinski definition) is 2. The number of carboxylic acid groups (broad SMARTS) is 1. The number of hydrogen-bond acceptors (Lipinski definition) is 3. The Bertz CT molecular complexity index is 871. The zero-order chi connectivity index (χ0) is 16.9. The summed E-state index contributed by atoms with van der Waals surface area (Å²) >= 11 is 0. The van der Waals surface area contributed by atoms with E-state index >= 15 is 0 Å². The molecule has 0 saturated carbocycles. The van der Waals surface area contributed by atoms with Crippen molar-refractivity contribution >= 4 is 22.8 Å². The van der Waals surface area contributed by atoms with Crippen molar-refractivity contribution in [3.8, 4) is 0 Å². The topological polar surface area (TPSA) is 80.6 Å². The van der Waals surface area contributed by atoms with Crippen molar-refractivity contribution in [2.24, 2.45) is 0 Å². The first-order chi connectivity index (χ1) is 11.6. The number of aliphatic carboxylic acids is 1. The van der Waals surface area contributed by atoms with Gasteiger partial charge in [-0.2, -0.15) is 0 Å². The Morgan fingerprint density at radius 2 is 1.88 bits per heavy atom. The third kappa shape index (κ3) is 3.61. The van der Waals surface area contributed by atoms with Crippen LogP contribution in [0.2, 0.25) is 0 Å². The molecule has 122 valence electrons. The first-order valence-electron chi connectivity index (χ1n) is 7.40. The molecule has 0 radical (unpaired) electrons. The van der Waals surface area contributed by atoms with Crippen LogP contribution in [0.4, 0.5) is 0 Å². The van der Waals surface area contributed by atoms with Gasteiger partial charge < -0.3 is 9.67 Å². The second kappa shape index (κ2) is 6.97. The van der Waals surface area contributed by atoms with E-state index in [1.54, 1.807) is 35.0 Å². The molecule has 3 rings (SSSR count). The van der Waals surface area contributed by atoms with Crippen LogP contribution in [-0.4, -0.2) is 21.6 Å². The van der Waals surface area contributed by atoms with Gasteiger partial charge >= 0.3 is 5.97 Å². The molecule has 0 fully saturated rings. The van der Waals surface area contributed by atoms with Crippen LogP contribution in [0.3, 0.4) is 0 Å². The molecule has 1 aromatic heterocycles. The molecule has 2 aromatic carbocycles. The van der Waals surface area contributed by atoms with Gasteiger partial charge in [-0.05, 0) is 29.8 Å². The van der Waals surface area contributed by atoms with Gasteiger partial charge in [0.1, 0.15) is 6.54 Å². The van der Waals surface area contributed by atoms with Crippen LogP contribution in [0.25, 0.3) is 10.9 Å². The fraction of sp³-hybridized carbons (Fsp3) is 0.111. The zero-order valence-electron chi connectivity index (χ0n) is 12.8. The van der Waals surface area contributed by atoms with Gasteiger partial charge in [-0.1, -0.05) is 30.3 Å². The van der Waals surface area contributed by atoms with Gasteiger partial charge in [-0.3, -0.25) is 14.4 Å². The number of hydroxylamine groups is 1. The number of aromatic nitrogens is 1. The van der Waals surface area contributed by atoms with Gasteiger partial charge in [0.2, 0.25) is 0 Å². The predicted molar refractivity (Wildman–Crippen MR) is 88.3 cm³/mol. The van der Waals surface area contributed by atoms with Crippen LogP contribution in [0.15, 0.2) is 60.8 Å². The quantitative estimate of drug-likeness (QED) is 0.683. The SMILES string of the molecule is O=C(O)Cn1ccc2cc(C(=O)NOCc3ccccc3)ccc21. The lowest BCUT2D eigenvalue weighted by atomic mass is 10.1. The molecule has 0 aliphatic rings. The van der Waals surface area contributed by atoms with Crippen LogP contribution in [0, 0.1) is 0 Å². The Kier molecular flexibility index (Phi) is 4.58. The maximum atomic E-state index is 12.1. The molecular formula is C18H16N2O4. The number of carbonyl (C=O) groups is 2. The minimum absolute atomic E-state index is 0.116. The summed E-state index contributed by atoms with van der Waals surface area (Å²) < 4.78 is 1.62. The fourth-order valence-corrected chi connectivity index (χ4v) is 2.44. The molecule has 0 saturated heterocycles. The molecule has 0 aliphatic heterocycles. The first-order valence-corrected chi connectivity index (χ1v) is 7.40. The van der Waals surface area contributed by atoms with E-state index in [0.29, 0.717) is 5.56 Å². The summed E-state index contributed by atoms with van der Waals surface area (Å²) in [7, 11) is 0. The zero-order valence-corrected chi connectivity index (χ0v) is 12.8. The highest BCUT2D eigenvalue weighted by molar-refractivity contribution is 5.97. The van der Waals surface area contributed by atoms with Crippen LogP contribution in [0.1, 0.15) is 15.9 Å². The number of carboxylic acids is 1. The van der Waals surface area contributed by atoms with E-state index < -0.39 is 5.97 Å². The molecule has 24 heavy (non-hydrogen) atoms. The largest absolute Gasteiger partial charge is 0.480 e. The maximum Gasteiger partial charge on any atom is 0.323 e. The summed E-state index contributed by atoms with van der Waals surface area (Å²) in [5.74, 6) is -1.26. The Labute approximate surface area is 138 Å². The number of carbonyl (C=O) groups excluding carboxylic acids is 1. The first kappa shape index (κ1) is 15.8. The lowest BCUT2D eigenvalue weighted by Crippen LogP contribution is -2.23. The molecular weight excluding hydrogens is 308 g/mol.